The van der Waals surface area contributed by atoms with E-state index >= 15 is 0 Å². The largest absolute Gasteiger partial charge is 0.507 e. The number of benzene rings is 3. The molecule has 0 aliphatic heterocycles. The van der Waals surface area contributed by atoms with Gasteiger partial charge in [0.1, 0.15) is 36.3 Å². The molecule has 0 saturated carbocycles. The van der Waals surface area contributed by atoms with Crippen LogP contribution in [0.5, 0.6) is 11.5 Å². The van der Waals surface area contributed by atoms with Crippen molar-refractivity contribution in [3.05, 3.63) is 83.4 Å². The second kappa shape index (κ2) is 14.2. The lowest BCUT2D eigenvalue weighted by Gasteiger charge is -2.17. The standard InChI is InChI=1S/C30H34O6/c1-3-34-25(20-31)16-23-10-12-29(33)27(18-23)28-19-24(17-26(21-32)35-4-2)11-13-30(28)36-15-14-22-8-6-5-7-9-22/h5-13,18-21,25-26,33H,3-4,14-17H2,1-2H3. The van der Waals surface area contributed by atoms with Crippen LogP contribution in [-0.4, -0.2) is 49.7 Å². The number of hydrogen-bond donors (Lipinski definition) is 1. The Morgan fingerprint density at radius 3 is 1.92 bits per heavy atom. The van der Waals surface area contributed by atoms with Gasteiger partial charge in [0.2, 0.25) is 0 Å². The molecule has 36 heavy (non-hydrogen) atoms. The fourth-order valence-electron chi connectivity index (χ4n) is 4.08. The molecule has 1 N–H and O–H groups in total. The fraction of sp³-hybridized carbons (Fsp3) is 0.333. The second-order valence-corrected chi connectivity index (χ2v) is 8.43. The van der Waals surface area contributed by atoms with E-state index in [1.54, 1.807) is 12.1 Å². The van der Waals surface area contributed by atoms with Crippen LogP contribution in [0.15, 0.2) is 66.7 Å². The number of ether oxygens (including phenoxy) is 3. The Morgan fingerprint density at radius 2 is 1.33 bits per heavy atom. The van der Waals surface area contributed by atoms with Gasteiger partial charge in [-0.15, -0.1) is 0 Å². The molecule has 6 heteroatoms. The van der Waals surface area contributed by atoms with E-state index in [1.807, 2.05) is 56.3 Å². The van der Waals surface area contributed by atoms with Crippen molar-refractivity contribution in [2.75, 3.05) is 19.8 Å². The molecule has 2 unspecified atom stereocenters. The van der Waals surface area contributed by atoms with E-state index in [0.717, 1.165) is 30.1 Å². The van der Waals surface area contributed by atoms with E-state index in [-0.39, 0.29) is 5.75 Å². The normalized spacial score (nSPS) is 12.6. The number of rotatable bonds is 15. The third-order valence-electron chi connectivity index (χ3n) is 5.83. The zero-order chi connectivity index (χ0) is 25.8. The van der Waals surface area contributed by atoms with E-state index in [9.17, 15) is 14.7 Å². The number of aromatic hydroxyl groups is 1. The first-order valence-electron chi connectivity index (χ1n) is 12.3. The van der Waals surface area contributed by atoms with Gasteiger partial charge in [0, 0.05) is 43.6 Å². The maximum Gasteiger partial charge on any atom is 0.149 e. The minimum absolute atomic E-state index is 0.0969. The van der Waals surface area contributed by atoms with Crippen LogP contribution in [0, 0.1) is 0 Å². The Hall–Kier alpha value is -3.48. The molecule has 190 valence electrons. The molecule has 0 heterocycles. The SMILES string of the molecule is CCOC(C=O)Cc1ccc(O)c(-c2cc(CC(C=O)OCC)ccc2OCCc2ccccc2)c1. The van der Waals surface area contributed by atoms with Crippen LogP contribution in [0.25, 0.3) is 11.1 Å². The first kappa shape index (κ1) is 27.1. The van der Waals surface area contributed by atoms with Gasteiger partial charge in [-0.3, -0.25) is 0 Å². The average Bonchev–Trinajstić information content (AvgIpc) is 2.90. The van der Waals surface area contributed by atoms with Gasteiger partial charge < -0.3 is 28.9 Å². The summed E-state index contributed by atoms with van der Waals surface area (Å²) in [5.41, 5.74) is 4.20. The van der Waals surface area contributed by atoms with E-state index < -0.39 is 12.2 Å². The highest BCUT2D eigenvalue weighted by Gasteiger charge is 2.17. The summed E-state index contributed by atoms with van der Waals surface area (Å²) >= 11 is 0. The van der Waals surface area contributed by atoms with Crippen molar-refractivity contribution < 1.29 is 28.9 Å². The third-order valence-corrected chi connectivity index (χ3v) is 5.83. The maximum absolute atomic E-state index is 11.5. The second-order valence-electron chi connectivity index (χ2n) is 8.43. The lowest BCUT2D eigenvalue weighted by molar-refractivity contribution is -0.118. The summed E-state index contributed by atoms with van der Waals surface area (Å²) < 4.78 is 17.2. The van der Waals surface area contributed by atoms with Gasteiger partial charge in [-0.25, -0.2) is 0 Å². The Kier molecular flexibility index (Phi) is 10.7. The molecule has 0 aliphatic carbocycles. The Morgan fingerprint density at radius 1 is 0.750 bits per heavy atom. The number of aldehydes is 2. The summed E-state index contributed by atoms with van der Waals surface area (Å²) in [6, 6.07) is 21.0. The molecule has 0 amide bonds. The van der Waals surface area contributed by atoms with Crippen molar-refractivity contribution >= 4 is 12.6 Å². The Balaban J connectivity index is 1.93. The molecule has 0 radical (unpaired) electrons. The molecule has 0 saturated heterocycles. The van der Waals surface area contributed by atoms with Crippen molar-refractivity contribution in [3.8, 4) is 22.6 Å². The number of hydrogen-bond acceptors (Lipinski definition) is 6. The highest BCUT2D eigenvalue weighted by molar-refractivity contribution is 5.77. The van der Waals surface area contributed by atoms with E-state index in [4.69, 9.17) is 14.2 Å². The van der Waals surface area contributed by atoms with E-state index in [1.165, 1.54) is 5.56 Å². The molecule has 6 nitrogen and oxygen atoms in total. The van der Waals surface area contributed by atoms with Crippen molar-refractivity contribution in [1.82, 2.24) is 0 Å². The van der Waals surface area contributed by atoms with Crippen molar-refractivity contribution in [3.63, 3.8) is 0 Å². The lowest BCUT2D eigenvalue weighted by atomic mass is 9.96. The van der Waals surface area contributed by atoms with Gasteiger partial charge in [-0.05, 0) is 54.8 Å². The first-order chi connectivity index (χ1) is 17.6. The van der Waals surface area contributed by atoms with Gasteiger partial charge >= 0.3 is 0 Å². The van der Waals surface area contributed by atoms with Gasteiger partial charge in [-0.2, -0.15) is 0 Å². The number of phenolic OH excluding ortho intramolecular Hbond substituents is 1. The van der Waals surface area contributed by atoms with Crippen LogP contribution in [0.2, 0.25) is 0 Å². The molecule has 3 rings (SSSR count). The number of carbonyl (C=O) groups is 2. The van der Waals surface area contributed by atoms with E-state index in [0.29, 0.717) is 49.5 Å². The lowest BCUT2D eigenvalue weighted by Crippen LogP contribution is -2.17. The van der Waals surface area contributed by atoms with Crippen molar-refractivity contribution in [2.45, 2.75) is 45.3 Å². The van der Waals surface area contributed by atoms with Gasteiger partial charge in [0.05, 0.1) is 6.61 Å². The molecule has 0 spiro atoms. The summed E-state index contributed by atoms with van der Waals surface area (Å²) in [7, 11) is 0. The molecule has 0 bridgehead atoms. The minimum Gasteiger partial charge on any atom is -0.507 e. The Bertz CT molecular complexity index is 1110. The average molecular weight is 491 g/mol. The van der Waals surface area contributed by atoms with Crippen LogP contribution >= 0.6 is 0 Å². The van der Waals surface area contributed by atoms with Crippen LogP contribution in [-0.2, 0) is 38.3 Å². The molecule has 2 atom stereocenters. The van der Waals surface area contributed by atoms with Gasteiger partial charge in [-0.1, -0.05) is 42.5 Å². The highest BCUT2D eigenvalue weighted by atomic mass is 16.5. The zero-order valence-corrected chi connectivity index (χ0v) is 20.9. The van der Waals surface area contributed by atoms with Crippen LogP contribution in [0.3, 0.4) is 0 Å². The Labute approximate surface area is 212 Å². The summed E-state index contributed by atoms with van der Waals surface area (Å²) in [6.45, 7) is 5.04. The number of phenols is 1. The summed E-state index contributed by atoms with van der Waals surface area (Å²) in [5.74, 6) is 0.720. The molecular weight excluding hydrogens is 456 g/mol. The first-order valence-corrected chi connectivity index (χ1v) is 12.3. The smallest absolute Gasteiger partial charge is 0.149 e. The minimum atomic E-state index is -0.556. The topological polar surface area (TPSA) is 82.1 Å². The summed E-state index contributed by atoms with van der Waals surface area (Å²) in [4.78, 5) is 22.9. The molecule has 3 aromatic rings. The van der Waals surface area contributed by atoms with Crippen LogP contribution in [0.4, 0.5) is 0 Å². The van der Waals surface area contributed by atoms with Crippen LogP contribution in [0.1, 0.15) is 30.5 Å². The monoisotopic (exact) mass is 490 g/mol. The van der Waals surface area contributed by atoms with E-state index in [2.05, 4.69) is 12.1 Å². The highest BCUT2D eigenvalue weighted by Crippen LogP contribution is 2.38. The number of carbonyl (C=O) groups excluding carboxylic acids is 2. The molecule has 0 aromatic heterocycles. The van der Waals surface area contributed by atoms with Crippen molar-refractivity contribution in [2.24, 2.45) is 0 Å². The molecule has 0 fully saturated rings. The summed E-state index contributed by atoms with van der Waals surface area (Å²) in [5, 5.41) is 10.8. The molecule has 0 aliphatic rings. The van der Waals surface area contributed by atoms with Crippen LogP contribution < -0.4 is 4.74 Å². The fourth-order valence-corrected chi connectivity index (χ4v) is 4.08. The van der Waals surface area contributed by atoms with Gasteiger partial charge in [0.15, 0.2) is 0 Å². The van der Waals surface area contributed by atoms with Crippen molar-refractivity contribution in [1.29, 1.82) is 0 Å². The molecule has 3 aromatic carbocycles. The third kappa shape index (κ3) is 7.77. The maximum atomic E-state index is 11.5. The molecular formula is C30H34O6. The quantitative estimate of drug-likeness (QED) is 0.303. The predicted molar refractivity (Wildman–Crippen MR) is 140 cm³/mol. The van der Waals surface area contributed by atoms with Gasteiger partial charge in [0.25, 0.3) is 0 Å². The zero-order valence-electron chi connectivity index (χ0n) is 20.9. The summed E-state index contributed by atoms with van der Waals surface area (Å²) in [6.07, 6.45) is 2.03. The predicted octanol–water partition coefficient (Wildman–Crippen LogP) is 4.97.